The Morgan fingerprint density at radius 2 is 2.14 bits per heavy atom. The molecular weight excluding hydrogens is 305 g/mol. The van der Waals surface area contributed by atoms with E-state index >= 15 is 0 Å². The van der Waals surface area contributed by atoms with Crippen molar-refractivity contribution in [1.29, 1.82) is 0 Å². The van der Waals surface area contributed by atoms with Gasteiger partial charge in [-0.2, -0.15) is 8.42 Å². The molecule has 1 N–H and O–H groups in total. The van der Waals surface area contributed by atoms with Gasteiger partial charge in [-0.05, 0) is 0 Å². The molecule has 114 valence electrons. The summed E-state index contributed by atoms with van der Waals surface area (Å²) in [5.74, 6) is -1.26. The first kappa shape index (κ1) is 15.3. The second-order valence-corrected chi connectivity index (χ2v) is 6.00. The average molecular weight is 317 g/mol. The highest BCUT2D eigenvalue weighted by molar-refractivity contribution is 7.85. The molecule has 0 unspecified atom stereocenters. The number of rotatable bonds is 4. The molecule has 1 aliphatic heterocycles. The Balaban J connectivity index is 2.25. The van der Waals surface area contributed by atoms with Gasteiger partial charge in [-0.25, -0.2) is 9.18 Å². The molecule has 1 aromatic rings. The van der Waals surface area contributed by atoms with Crippen LogP contribution in [0.25, 0.3) is 0 Å². The second-order valence-electron chi connectivity index (χ2n) is 4.35. The standard InChI is InChI=1S/C11H12FN3O5S/c1-21(18,19)20-6-7-4-13-5-8(10(7)12)15-3-2-9(16)14-11(15)17/h4-5H,2-3,6H2,1H3,(H,14,16,17). The van der Waals surface area contributed by atoms with Crippen molar-refractivity contribution in [3.8, 4) is 0 Å². The maximum Gasteiger partial charge on any atom is 0.328 e. The highest BCUT2D eigenvalue weighted by atomic mass is 32.2. The number of imide groups is 1. The van der Waals surface area contributed by atoms with E-state index in [0.717, 1.165) is 23.5 Å². The topological polar surface area (TPSA) is 106 Å². The van der Waals surface area contributed by atoms with Crippen LogP contribution in [0.5, 0.6) is 0 Å². The van der Waals surface area contributed by atoms with Gasteiger partial charge in [-0.1, -0.05) is 0 Å². The van der Waals surface area contributed by atoms with Crippen LogP contribution in [0.15, 0.2) is 12.4 Å². The zero-order valence-corrected chi connectivity index (χ0v) is 11.8. The van der Waals surface area contributed by atoms with E-state index in [1.165, 1.54) is 0 Å². The van der Waals surface area contributed by atoms with Crippen molar-refractivity contribution in [2.75, 3.05) is 17.7 Å². The number of hydrogen-bond acceptors (Lipinski definition) is 6. The van der Waals surface area contributed by atoms with Crippen molar-refractivity contribution >= 4 is 27.7 Å². The summed E-state index contributed by atoms with van der Waals surface area (Å²) >= 11 is 0. The van der Waals surface area contributed by atoms with Gasteiger partial charge in [0.2, 0.25) is 5.91 Å². The number of pyridine rings is 1. The van der Waals surface area contributed by atoms with Gasteiger partial charge < -0.3 is 0 Å². The Morgan fingerprint density at radius 3 is 2.76 bits per heavy atom. The Morgan fingerprint density at radius 1 is 1.43 bits per heavy atom. The molecule has 0 saturated carbocycles. The summed E-state index contributed by atoms with van der Waals surface area (Å²) in [6.07, 6.45) is 3.10. The summed E-state index contributed by atoms with van der Waals surface area (Å²) in [7, 11) is -3.73. The molecule has 0 radical (unpaired) electrons. The Labute approximate surface area is 120 Å². The molecule has 0 aromatic carbocycles. The minimum absolute atomic E-state index is 0.0135. The number of urea groups is 1. The smallest absolute Gasteiger partial charge is 0.289 e. The molecule has 0 atom stereocenters. The summed E-state index contributed by atoms with van der Waals surface area (Å²) in [6, 6.07) is -0.756. The summed E-state index contributed by atoms with van der Waals surface area (Å²) in [5.41, 5.74) is -0.253. The highest BCUT2D eigenvalue weighted by Gasteiger charge is 2.27. The molecular formula is C11H12FN3O5S. The SMILES string of the molecule is CS(=O)(=O)OCc1cncc(N2CCC(=O)NC2=O)c1F. The number of amides is 3. The predicted molar refractivity (Wildman–Crippen MR) is 69.3 cm³/mol. The van der Waals surface area contributed by atoms with Crippen molar-refractivity contribution < 1.29 is 26.6 Å². The monoisotopic (exact) mass is 317 g/mol. The molecule has 8 nitrogen and oxygen atoms in total. The number of carbonyl (C=O) groups is 2. The van der Waals surface area contributed by atoms with E-state index in [1.807, 2.05) is 0 Å². The number of carbonyl (C=O) groups excluding carboxylic acids is 2. The fourth-order valence-electron chi connectivity index (χ4n) is 1.73. The first-order chi connectivity index (χ1) is 9.78. The number of halogens is 1. The normalized spacial score (nSPS) is 16.0. The zero-order chi connectivity index (χ0) is 15.6. The van der Waals surface area contributed by atoms with E-state index in [9.17, 15) is 22.4 Å². The van der Waals surface area contributed by atoms with Crippen molar-refractivity contribution in [1.82, 2.24) is 10.3 Å². The fourth-order valence-corrected chi connectivity index (χ4v) is 2.07. The van der Waals surface area contributed by atoms with E-state index in [1.54, 1.807) is 0 Å². The molecule has 1 saturated heterocycles. The molecule has 10 heteroatoms. The quantitative estimate of drug-likeness (QED) is 0.792. The minimum atomic E-state index is -3.73. The number of nitrogens with one attached hydrogen (secondary N) is 1. The van der Waals surface area contributed by atoms with Gasteiger partial charge in [-0.15, -0.1) is 0 Å². The summed E-state index contributed by atoms with van der Waals surface area (Å²) in [6.45, 7) is -0.514. The molecule has 3 amide bonds. The van der Waals surface area contributed by atoms with Gasteiger partial charge in [0.25, 0.3) is 10.1 Å². The van der Waals surface area contributed by atoms with Crippen molar-refractivity contribution in [2.45, 2.75) is 13.0 Å². The van der Waals surface area contributed by atoms with Crippen molar-refractivity contribution in [2.24, 2.45) is 0 Å². The van der Waals surface area contributed by atoms with Crippen LogP contribution in [0.2, 0.25) is 0 Å². The van der Waals surface area contributed by atoms with Crippen LogP contribution in [0.1, 0.15) is 12.0 Å². The third kappa shape index (κ3) is 3.73. The Bertz CT molecular complexity index is 691. The van der Waals surface area contributed by atoms with Crippen LogP contribution >= 0.6 is 0 Å². The van der Waals surface area contributed by atoms with Gasteiger partial charge in [-0.3, -0.25) is 24.2 Å². The largest absolute Gasteiger partial charge is 0.328 e. The van der Waals surface area contributed by atoms with Crippen molar-refractivity contribution in [3.05, 3.63) is 23.8 Å². The lowest BCUT2D eigenvalue weighted by molar-refractivity contribution is -0.120. The third-order valence-corrected chi connectivity index (χ3v) is 3.25. The van der Waals surface area contributed by atoms with Crippen LogP contribution in [0, 0.1) is 5.82 Å². The molecule has 2 rings (SSSR count). The molecule has 1 aliphatic rings. The number of anilines is 1. The fraction of sp³-hybridized carbons (Fsp3) is 0.364. The molecule has 2 heterocycles. The van der Waals surface area contributed by atoms with E-state index in [4.69, 9.17) is 0 Å². The van der Waals surface area contributed by atoms with Crippen LogP contribution in [0.3, 0.4) is 0 Å². The lowest BCUT2D eigenvalue weighted by Crippen LogP contribution is -2.50. The molecule has 0 spiro atoms. The summed E-state index contributed by atoms with van der Waals surface area (Å²) in [5, 5.41) is 2.06. The summed E-state index contributed by atoms with van der Waals surface area (Å²) < 4.78 is 40.6. The molecule has 1 fully saturated rings. The van der Waals surface area contributed by atoms with Gasteiger partial charge in [0.1, 0.15) is 5.69 Å². The van der Waals surface area contributed by atoms with E-state index in [-0.39, 0.29) is 24.2 Å². The maximum absolute atomic E-state index is 14.3. The minimum Gasteiger partial charge on any atom is -0.289 e. The average Bonchev–Trinajstić information content (AvgIpc) is 2.37. The third-order valence-electron chi connectivity index (χ3n) is 2.71. The highest BCUT2D eigenvalue weighted by Crippen LogP contribution is 2.23. The van der Waals surface area contributed by atoms with E-state index in [2.05, 4.69) is 14.5 Å². The van der Waals surface area contributed by atoms with E-state index < -0.39 is 34.5 Å². The molecule has 21 heavy (non-hydrogen) atoms. The van der Waals surface area contributed by atoms with Gasteiger partial charge in [0.05, 0.1) is 19.1 Å². The van der Waals surface area contributed by atoms with Crippen LogP contribution in [0.4, 0.5) is 14.9 Å². The van der Waals surface area contributed by atoms with Gasteiger partial charge >= 0.3 is 6.03 Å². The van der Waals surface area contributed by atoms with Crippen molar-refractivity contribution in [3.63, 3.8) is 0 Å². The number of aromatic nitrogens is 1. The number of hydrogen-bond donors (Lipinski definition) is 1. The lowest BCUT2D eigenvalue weighted by atomic mass is 10.2. The lowest BCUT2D eigenvalue weighted by Gasteiger charge is -2.26. The first-order valence-electron chi connectivity index (χ1n) is 5.86. The first-order valence-corrected chi connectivity index (χ1v) is 7.67. The predicted octanol–water partition coefficient (Wildman–Crippen LogP) is 0.143. The number of nitrogens with zero attached hydrogens (tertiary/aromatic N) is 2. The Kier molecular flexibility index (Phi) is 4.19. The van der Waals surface area contributed by atoms with Crippen LogP contribution in [-0.4, -0.2) is 38.1 Å². The zero-order valence-electron chi connectivity index (χ0n) is 11.0. The maximum atomic E-state index is 14.3. The van der Waals surface area contributed by atoms with Crippen LogP contribution < -0.4 is 10.2 Å². The second kappa shape index (κ2) is 5.74. The molecule has 0 aliphatic carbocycles. The van der Waals surface area contributed by atoms with Gasteiger partial charge in [0.15, 0.2) is 5.82 Å². The van der Waals surface area contributed by atoms with Gasteiger partial charge in [0, 0.05) is 24.7 Å². The molecule has 0 bridgehead atoms. The van der Waals surface area contributed by atoms with Crippen LogP contribution in [-0.2, 0) is 25.7 Å². The molecule has 1 aromatic heterocycles. The van der Waals surface area contributed by atoms with E-state index in [0.29, 0.717) is 0 Å². The Hall–Kier alpha value is -2.07. The summed E-state index contributed by atoms with van der Waals surface area (Å²) in [4.78, 5) is 27.5.